The molecule has 0 radical (unpaired) electrons. The molecule has 3 heteroatoms. The summed E-state index contributed by atoms with van der Waals surface area (Å²) in [5, 5.41) is 0. The lowest BCUT2D eigenvalue weighted by Gasteiger charge is -2.44. The maximum atomic E-state index is 6.03. The third kappa shape index (κ3) is 2.19. The van der Waals surface area contributed by atoms with Gasteiger partial charge in [-0.2, -0.15) is 0 Å². The normalized spacial score (nSPS) is 36.2. The second kappa shape index (κ2) is 4.40. The Kier molecular flexibility index (Phi) is 3.33. The van der Waals surface area contributed by atoms with Gasteiger partial charge < -0.3 is 10.6 Å². The summed E-state index contributed by atoms with van der Waals surface area (Å²) < 4.78 is 0. The van der Waals surface area contributed by atoms with Crippen LogP contribution in [0.4, 0.5) is 0 Å². The molecule has 0 bridgehead atoms. The zero-order valence-corrected chi connectivity index (χ0v) is 10.2. The van der Waals surface area contributed by atoms with Crippen molar-refractivity contribution in [2.45, 2.75) is 31.7 Å². The van der Waals surface area contributed by atoms with Gasteiger partial charge in [-0.25, -0.2) is 0 Å². The fraction of sp³-hybridized carbons (Fsp3) is 1.00. The second-order valence-electron chi connectivity index (χ2n) is 5.59. The molecular weight excluding hydrogens is 186 g/mol. The molecule has 0 spiro atoms. The first-order valence-corrected chi connectivity index (χ1v) is 6.30. The lowest BCUT2D eigenvalue weighted by Crippen LogP contribution is -2.57. The Hall–Kier alpha value is -0.120. The van der Waals surface area contributed by atoms with Gasteiger partial charge in [-0.3, -0.25) is 4.90 Å². The van der Waals surface area contributed by atoms with E-state index in [-0.39, 0.29) is 0 Å². The van der Waals surface area contributed by atoms with Gasteiger partial charge in [0.25, 0.3) is 0 Å². The van der Waals surface area contributed by atoms with Gasteiger partial charge >= 0.3 is 0 Å². The second-order valence-corrected chi connectivity index (χ2v) is 5.59. The maximum Gasteiger partial charge on any atom is 0.0470 e. The Morgan fingerprint density at radius 2 is 1.93 bits per heavy atom. The molecule has 2 saturated heterocycles. The molecule has 0 aromatic rings. The Morgan fingerprint density at radius 1 is 1.27 bits per heavy atom. The van der Waals surface area contributed by atoms with Crippen molar-refractivity contribution in [3.05, 3.63) is 0 Å². The average molecular weight is 211 g/mol. The minimum Gasteiger partial charge on any atom is -0.329 e. The highest BCUT2D eigenvalue weighted by molar-refractivity contribution is 5.00. The van der Waals surface area contributed by atoms with E-state index in [1.54, 1.807) is 0 Å². The predicted molar refractivity (Wildman–Crippen MR) is 63.9 cm³/mol. The summed E-state index contributed by atoms with van der Waals surface area (Å²) in [5.74, 6) is 0.912. The summed E-state index contributed by atoms with van der Waals surface area (Å²) in [6.07, 6.45) is 3.96. The molecule has 0 aromatic heterocycles. The monoisotopic (exact) mass is 211 g/mol. The summed E-state index contributed by atoms with van der Waals surface area (Å²) in [6.45, 7) is 8.08. The van der Waals surface area contributed by atoms with Crippen LogP contribution in [0.25, 0.3) is 0 Å². The number of nitrogens with zero attached hydrogens (tertiary/aromatic N) is 2. The Morgan fingerprint density at radius 3 is 2.40 bits per heavy atom. The van der Waals surface area contributed by atoms with Crippen LogP contribution in [-0.4, -0.2) is 55.1 Å². The number of likely N-dealkylation sites (N-methyl/N-ethyl adjacent to an activating group) is 1. The van der Waals surface area contributed by atoms with Gasteiger partial charge in [-0.15, -0.1) is 0 Å². The van der Waals surface area contributed by atoms with Crippen LogP contribution in [0.2, 0.25) is 0 Å². The zero-order valence-electron chi connectivity index (χ0n) is 10.2. The molecule has 2 aliphatic rings. The quantitative estimate of drug-likeness (QED) is 0.731. The minimum absolute atomic E-state index is 0.300. The van der Waals surface area contributed by atoms with Gasteiger partial charge in [0.2, 0.25) is 0 Å². The molecular formula is C12H25N3. The standard InChI is InChI=1S/C12H25N3/c1-11-3-6-15(7-4-11)12(9-13)5-8-14(2)10-12/h11H,3-10,13H2,1-2H3. The van der Waals surface area contributed by atoms with Crippen LogP contribution in [0.5, 0.6) is 0 Å². The Bertz CT molecular complexity index is 211. The van der Waals surface area contributed by atoms with Crippen LogP contribution in [0.1, 0.15) is 26.2 Å². The van der Waals surface area contributed by atoms with E-state index in [1.165, 1.54) is 38.9 Å². The number of likely N-dealkylation sites (tertiary alicyclic amines) is 2. The Balaban J connectivity index is 2.00. The smallest absolute Gasteiger partial charge is 0.0470 e. The van der Waals surface area contributed by atoms with Gasteiger partial charge in [-0.1, -0.05) is 6.92 Å². The van der Waals surface area contributed by atoms with Crippen molar-refractivity contribution in [3.63, 3.8) is 0 Å². The molecule has 0 aromatic carbocycles. The number of piperidine rings is 1. The highest BCUT2D eigenvalue weighted by atomic mass is 15.3. The van der Waals surface area contributed by atoms with Crippen molar-refractivity contribution in [1.29, 1.82) is 0 Å². The fourth-order valence-corrected chi connectivity index (χ4v) is 3.10. The van der Waals surface area contributed by atoms with Crippen molar-refractivity contribution < 1.29 is 0 Å². The highest BCUT2D eigenvalue weighted by Gasteiger charge is 2.41. The fourth-order valence-electron chi connectivity index (χ4n) is 3.10. The van der Waals surface area contributed by atoms with Gasteiger partial charge in [0, 0.05) is 18.6 Å². The van der Waals surface area contributed by atoms with Crippen molar-refractivity contribution in [3.8, 4) is 0 Å². The molecule has 2 fully saturated rings. The molecule has 0 saturated carbocycles. The lowest BCUT2D eigenvalue weighted by molar-refractivity contribution is 0.0649. The molecule has 1 atom stereocenters. The molecule has 3 nitrogen and oxygen atoms in total. The number of hydrogen-bond acceptors (Lipinski definition) is 3. The third-order valence-corrected chi connectivity index (χ3v) is 4.36. The van der Waals surface area contributed by atoms with Gasteiger partial charge in [0.15, 0.2) is 0 Å². The van der Waals surface area contributed by atoms with E-state index in [1.807, 2.05) is 0 Å². The summed E-state index contributed by atoms with van der Waals surface area (Å²) in [7, 11) is 2.21. The zero-order chi connectivity index (χ0) is 10.9. The predicted octanol–water partition coefficient (Wildman–Crippen LogP) is 0.751. The number of rotatable bonds is 2. The van der Waals surface area contributed by atoms with Crippen LogP contribution in [-0.2, 0) is 0 Å². The molecule has 15 heavy (non-hydrogen) atoms. The van der Waals surface area contributed by atoms with Crippen molar-refractivity contribution in [1.82, 2.24) is 9.80 Å². The summed E-state index contributed by atoms with van der Waals surface area (Å²) in [6, 6.07) is 0. The van der Waals surface area contributed by atoms with E-state index in [2.05, 4.69) is 23.8 Å². The van der Waals surface area contributed by atoms with E-state index < -0.39 is 0 Å². The number of hydrogen-bond donors (Lipinski definition) is 1. The van der Waals surface area contributed by atoms with Crippen LogP contribution in [0, 0.1) is 5.92 Å². The van der Waals surface area contributed by atoms with E-state index in [0.29, 0.717) is 5.54 Å². The van der Waals surface area contributed by atoms with E-state index >= 15 is 0 Å². The van der Waals surface area contributed by atoms with Crippen molar-refractivity contribution >= 4 is 0 Å². The molecule has 2 N–H and O–H groups in total. The third-order valence-electron chi connectivity index (χ3n) is 4.36. The number of nitrogens with two attached hydrogens (primary N) is 1. The molecule has 2 rings (SSSR count). The van der Waals surface area contributed by atoms with E-state index in [4.69, 9.17) is 5.73 Å². The van der Waals surface area contributed by atoms with Crippen LogP contribution in [0.15, 0.2) is 0 Å². The minimum atomic E-state index is 0.300. The summed E-state index contributed by atoms with van der Waals surface area (Å²) in [4.78, 5) is 5.08. The molecule has 2 heterocycles. The highest BCUT2D eigenvalue weighted by Crippen LogP contribution is 2.30. The Labute approximate surface area is 93.6 Å². The first kappa shape index (κ1) is 11.4. The van der Waals surface area contributed by atoms with Crippen LogP contribution >= 0.6 is 0 Å². The van der Waals surface area contributed by atoms with E-state index in [9.17, 15) is 0 Å². The summed E-state index contributed by atoms with van der Waals surface area (Å²) in [5.41, 5.74) is 6.33. The van der Waals surface area contributed by atoms with Crippen LogP contribution in [0.3, 0.4) is 0 Å². The summed E-state index contributed by atoms with van der Waals surface area (Å²) >= 11 is 0. The van der Waals surface area contributed by atoms with Crippen LogP contribution < -0.4 is 5.73 Å². The molecule has 88 valence electrons. The van der Waals surface area contributed by atoms with Gasteiger partial charge in [0.1, 0.15) is 0 Å². The molecule has 1 unspecified atom stereocenters. The van der Waals surface area contributed by atoms with E-state index in [0.717, 1.165) is 19.0 Å². The topological polar surface area (TPSA) is 32.5 Å². The lowest BCUT2D eigenvalue weighted by atomic mass is 9.90. The van der Waals surface area contributed by atoms with Gasteiger partial charge in [0.05, 0.1) is 0 Å². The average Bonchev–Trinajstić information content (AvgIpc) is 2.62. The SMILES string of the molecule is CC1CCN(C2(CN)CCN(C)C2)CC1. The largest absolute Gasteiger partial charge is 0.329 e. The van der Waals surface area contributed by atoms with Gasteiger partial charge in [-0.05, 0) is 51.9 Å². The molecule has 2 aliphatic heterocycles. The molecule has 0 aliphatic carbocycles. The maximum absolute atomic E-state index is 6.03. The first-order chi connectivity index (χ1) is 7.16. The first-order valence-electron chi connectivity index (χ1n) is 6.30. The van der Waals surface area contributed by atoms with Crippen molar-refractivity contribution in [2.24, 2.45) is 11.7 Å². The molecule has 0 amide bonds. The van der Waals surface area contributed by atoms with Crippen molar-refractivity contribution in [2.75, 3.05) is 39.8 Å².